The van der Waals surface area contributed by atoms with Crippen LogP contribution >= 0.6 is 0 Å². The van der Waals surface area contributed by atoms with E-state index in [0.29, 0.717) is 6.07 Å². The molecule has 0 radical (unpaired) electrons. The van der Waals surface area contributed by atoms with Gasteiger partial charge in [0, 0.05) is 11.6 Å². The van der Waals surface area contributed by atoms with Gasteiger partial charge in [-0.2, -0.15) is 5.26 Å². The van der Waals surface area contributed by atoms with Crippen LogP contribution < -0.4 is 5.32 Å². The van der Waals surface area contributed by atoms with Gasteiger partial charge in [-0.25, -0.2) is 17.2 Å². The summed E-state index contributed by atoms with van der Waals surface area (Å²) in [6.45, 7) is 0. The van der Waals surface area contributed by atoms with Gasteiger partial charge in [-0.3, -0.25) is 4.79 Å². The van der Waals surface area contributed by atoms with Gasteiger partial charge in [0.05, 0.1) is 11.0 Å². The Labute approximate surface area is 165 Å². The molecular formula is C20H14F2N2O4S. The third-order valence-electron chi connectivity index (χ3n) is 4.00. The van der Waals surface area contributed by atoms with E-state index < -0.39 is 39.2 Å². The van der Waals surface area contributed by atoms with Crippen LogP contribution in [0.3, 0.4) is 0 Å². The standard InChI is InChI=1S/C20H14F2N2O4S/c21-13-6-8-16(17(22)10-13)18(11-23)24-20(25)19-9-7-14(28-19)12-29(26,27)15-4-2-1-3-5-15/h1-10,18H,12H2,(H,24,25). The Hall–Kier alpha value is -3.51. The average Bonchev–Trinajstić information content (AvgIpc) is 3.15. The van der Waals surface area contributed by atoms with Gasteiger partial charge in [0.1, 0.15) is 29.2 Å². The zero-order valence-corrected chi connectivity index (χ0v) is 15.6. The molecule has 1 heterocycles. The van der Waals surface area contributed by atoms with E-state index in [2.05, 4.69) is 5.32 Å². The smallest absolute Gasteiger partial charge is 0.288 e. The number of nitriles is 1. The van der Waals surface area contributed by atoms with Gasteiger partial charge in [-0.15, -0.1) is 0 Å². The van der Waals surface area contributed by atoms with Gasteiger partial charge >= 0.3 is 0 Å². The van der Waals surface area contributed by atoms with Crippen LogP contribution in [0.1, 0.15) is 27.9 Å². The lowest BCUT2D eigenvalue weighted by atomic mass is 10.1. The Morgan fingerprint density at radius 3 is 2.48 bits per heavy atom. The molecule has 9 heteroatoms. The fraction of sp³-hybridized carbons (Fsp3) is 0.100. The number of halogens is 2. The molecule has 0 saturated carbocycles. The van der Waals surface area contributed by atoms with E-state index in [4.69, 9.17) is 4.42 Å². The summed E-state index contributed by atoms with van der Waals surface area (Å²) in [4.78, 5) is 12.4. The number of furan rings is 1. The molecule has 3 rings (SSSR count). The lowest BCUT2D eigenvalue weighted by molar-refractivity contribution is 0.0915. The molecule has 1 amide bonds. The predicted octanol–water partition coefficient (Wildman–Crippen LogP) is 3.53. The van der Waals surface area contributed by atoms with Crippen LogP contribution in [-0.4, -0.2) is 14.3 Å². The third kappa shape index (κ3) is 4.67. The molecule has 3 aromatic rings. The van der Waals surface area contributed by atoms with Crippen molar-refractivity contribution in [2.24, 2.45) is 0 Å². The van der Waals surface area contributed by atoms with Gasteiger partial charge < -0.3 is 9.73 Å². The minimum absolute atomic E-state index is 0.0282. The second kappa shape index (κ2) is 8.24. The number of amides is 1. The van der Waals surface area contributed by atoms with Gasteiger partial charge in [0.15, 0.2) is 15.6 Å². The first-order valence-electron chi connectivity index (χ1n) is 8.32. The topological polar surface area (TPSA) is 100 Å². The number of benzene rings is 2. The fourth-order valence-electron chi connectivity index (χ4n) is 2.59. The first kappa shape index (κ1) is 20.2. The zero-order valence-electron chi connectivity index (χ0n) is 14.8. The van der Waals surface area contributed by atoms with E-state index >= 15 is 0 Å². The Balaban J connectivity index is 1.74. The van der Waals surface area contributed by atoms with Crippen molar-refractivity contribution in [1.29, 1.82) is 5.26 Å². The molecule has 1 atom stereocenters. The lowest BCUT2D eigenvalue weighted by Crippen LogP contribution is -2.28. The van der Waals surface area contributed by atoms with Gasteiger partial charge in [0.25, 0.3) is 5.91 Å². The molecule has 0 bridgehead atoms. The van der Waals surface area contributed by atoms with Crippen molar-refractivity contribution in [3.8, 4) is 6.07 Å². The molecule has 0 spiro atoms. The normalized spacial score (nSPS) is 12.2. The van der Waals surface area contributed by atoms with E-state index in [1.165, 1.54) is 24.3 Å². The summed E-state index contributed by atoms with van der Waals surface area (Å²) in [6, 6.07) is 13.3. The van der Waals surface area contributed by atoms with Crippen molar-refractivity contribution in [3.05, 3.63) is 89.4 Å². The molecule has 1 unspecified atom stereocenters. The van der Waals surface area contributed by atoms with E-state index in [1.807, 2.05) is 0 Å². The van der Waals surface area contributed by atoms with Crippen LogP contribution in [0, 0.1) is 23.0 Å². The predicted molar refractivity (Wildman–Crippen MR) is 98.2 cm³/mol. The molecule has 2 aromatic carbocycles. The molecule has 0 saturated heterocycles. The van der Waals surface area contributed by atoms with Crippen LogP contribution in [0.5, 0.6) is 0 Å². The summed E-state index contributed by atoms with van der Waals surface area (Å²) in [6.07, 6.45) is 0. The van der Waals surface area contributed by atoms with Crippen LogP contribution in [0.15, 0.2) is 70.0 Å². The number of rotatable bonds is 6. The molecule has 6 nitrogen and oxygen atoms in total. The molecule has 0 aliphatic heterocycles. The van der Waals surface area contributed by atoms with E-state index in [0.717, 1.165) is 12.1 Å². The number of hydrogen-bond acceptors (Lipinski definition) is 5. The second-order valence-corrected chi connectivity index (χ2v) is 8.03. The second-order valence-electron chi connectivity index (χ2n) is 6.04. The number of carbonyl (C=O) groups is 1. The molecule has 1 N–H and O–H groups in total. The van der Waals surface area contributed by atoms with Crippen LogP contribution in [0.4, 0.5) is 8.78 Å². The fourth-order valence-corrected chi connectivity index (χ4v) is 3.86. The molecular weight excluding hydrogens is 402 g/mol. The number of nitrogens with zero attached hydrogens (tertiary/aromatic N) is 1. The van der Waals surface area contributed by atoms with Crippen molar-refractivity contribution in [2.75, 3.05) is 0 Å². The number of nitrogens with one attached hydrogen (secondary N) is 1. The summed E-state index contributed by atoms with van der Waals surface area (Å²) in [5.41, 5.74) is -0.208. The highest BCUT2D eigenvalue weighted by Crippen LogP contribution is 2.20. The van der Waals surface area contributed by atoms with Gasteiger partial charge in [-0.1, -0.05) is 24.3 Å². The highest BCUT2D eigenvalue weighted by atomic mass is 32.2. The Bertz CT molecular complexity index is 1180. The lowest BCUT2D eigenvalue weighted by Gasteiger charge is -2.11. The highest BCUT2D eigenvalue weighted by molar-refractivity contribution is 7.90. The van der Waals surface area contributed by atoms with E-state index in [9.17, 15) is 27.3 Å². The summed E-state index contributed by atoms with van der Waals surface area (Å²) in [5.74, 6) is -3.32. The van der Waals surface area contributed by atoms with Crippen molar-refractivity contribution in [3.63, 3.8) is 0 Å². The number of sulfone groups is 1. The Morgan fingerprint density at radius 1 is 1.10 bits per heavy atom. The SMILES string of the molecule is N#CC(NC(=O)c1ccc(CS(=O)(=O)c2ccccc2)o1)c1ccc(F)cc1F. The maximum atomic E-state index is 13.9. The molecule has 1 aromatic heterocycles. The summed E-state index contributed by atoms with van der Waals surface area (Å²) in [5, 5.41) is 11.5. The van der Waals surface area contributed by atoms with Crippen LogP contribution in [0.2, 0.25) is 0 Å². The Kier molecular flexibility index (Phi) is 5.75. The maximum Gasteiger partial charge on any atom is 0.288 e. The summed E-state index contributed by atoms with van der Waals surface area (Å²) in [7, 11) is -3.67. The highest BCUT2D eigenvalue weighted by Gasteiger charge is 2.22. The van der Waals surface area contributed by atoms with Gasteiger partial charge in [0.2, 0.25) is 0 Å². The van der Waals surface area contributed by atoms with Crippen LogP contribution in [0.25, 0.3) is 0 Å². The first-order chi connectivity index (χ1) is 13.8. The Morgan fingerprint density at radius 2 is 1.83 bits per heavy atom. The van der Waals surface area contributed by atoms with Crippen molar-refractivity contribution in [2.45, 2.75) is 16.7 Å². The summed E-state index contributed by atoms with van der Waals surface area (Å²) < 4.78 is 56.9. The van der Waals surface area contributed by atoms with Crippen LogP contribution in [-0.2, 0) is 15.6 Å². The van der Waals surface area contributed by atoms with Crippen molar-refractivity contribution < 1.29 is 26.4 Å². The molecule has 0 aliphatic carbocycles. The molecule has 0 aliphatic rings. The largest absolute Gasteiger partial charge is 0.455 e. The first-order valence-corrected chi connectivity index (χ1v) is 9.97. The average molecular weight is 416 g/mol. The van der Waals surface area contributed by atoms with Crippen molar-refractivity contribution in [1.82, 2.24) is 5.32 Å². The van der Waals surface area contributed by atoms with Crippen molar-refractivity contribution >= 4 is 15.7 Å². The minimum Gasteiger partial charge on any atom is -0.455 e. The quantitative estimate of drug-likeness (QED) is 0.663. The summed E-state index contributed by atoms with van der Waals surface area (Å²) >= 11 is 0. The number of carbonyl (C=O) groups excluding carboxylic acids is 1. The maximum absolute atomic E-state index is 13.9. The number of hydrogen-bond donors (Lipinski definition) is 1. The molecule has 0 fully saturated rings. The zero-order chi connectivity index (χ0) is 21.0. The minimum atomic E-state index is -3.67. The van der Waals surface area contributed by atoms with E-state index in [1.54, 1.807) is 24.3 Å². The monoisotopic (exact) mass is 416 g/mol. The molecule has 29 heavy (non-hydrogen) atoms. The third-order valence-corrected chi connectivity index (χ3v) is 5.65. The van der Waals surface area contributed by atoms with Gasteiger partial charge in [-0.05, 0) is 30.3 Å². The van der Waals surface area contributed by atoms with E-state index in [-0.39, 0.29) is 22.0 Å². The molecule has 148 valence electrons.